The van der Waals surface area contributed by atoms with Crippen LogP contribution in [0.15, 0.2) is 48.5 Å². The maximum Gasteiger partial charge on any atom is 0.530 e. The molecular formula is C15H13FNO6P. The summed E-state index contributed by atoms with van der Waals surface area (Å²) in [5.41, 5.74) is 0.544. The quantitative estimate of drug-likeness (QED) is 0.460. The highest BCUT2D eigenvalue weighted by Gasteiger charge is 2.37. The van der Waals surface area contributed by atoms with Gasteiger partial charge in [0.1, 0.15) is 11.6 Å². The minimum atomic E-state index is -3.87. The molecule has 1 aliphatic rings. The Balaban J connectivity index is 1.73. The minimum absolute atomic E-state index is 0.115. The molecule has 1 saturated heterocycles. The maximum atomic E-state index is 13.0. The summed E-state index contributed by atoms with van der Waals surface area (Å²) in [5, 5.41) is 10.6. The zero-order chi connectivity index (χ0) is 17.2. The van der Waals surface area contributed by atoms with Gasteiger partial charge in [0.05, 0.1) is 17.6 Å². The lowest BCUT2D eigenvalue weighted by Gasteiger charge is -2.29. The van der Waals surface area contributed by atoms with Gasteiger partial charge in [0, 0.05) is 18.6 Å². The molecule has 2 aromatic rings. The van der Waals surface area contributed by atoms with Gasteiger partial charge < -0.3 is 4.52 Å². The first-order valence-corrected chi connectivity index (χ1v) is 8.54. The van der Waals surface area contributed by atoms with E-state index in [-0.39, 0.29) is 23.9 Å². The topological polar surface area (TPSA) is 87.9 Å². The van der Waals surface area contributed by atoms with Gasteiger partial charge in [0.25, 0.3) is 5.69 Å². The van der Waals surface area contributed by atoms with Crippen molar-refractivity contribution in [3.8, 4) is 5.75 Å². The third-order valence-electron chi connectivity index (χ3n) is 3.39. The predicted octanol–water partition coefficient (Wildman–Crippen LogP) is 4.40. The van der Waals surface area contributed by atoms with Crippen molar-refractivity contribution in [3.05, 3.63) is 70.0 Å². The lowest BCUT2D eigenvalue weighted by atomic mass is 10.1. The van der Waals surface area contributed by atoms with E-state index in [9.17, 15) is 19.1 Å². The molecule has 0 bridgehead atoms. The van der Waals surface area contributed by atoms with E-state index >= 15 is 0 Å². The van der Waals surface area contributed by atoms with Gasteiger partial charge in [0.15, 0.2) is 0 Å². The molecule has 0 unspecified atom stereocenters. The SMILES string of the molecule is O=[N+]([O-])c1ccc(O[P@]2(=O)OCC[C@@H](c3ccc(F)cc3)O2)cc1. The van der Waals surface area contributed by atoms with E-state index in [4.69, 9.17) is 13.6 Å². The first kappa shape index (κ1) is 16.6. The molecular weight excluding hydrogens is 340 g/mol. The molecule has 1 heterocycles. The van der Waals surface area contributed by atoms with Crippen LogP contribution < -0.4 is 4.52 Å². The summed E-state index contributed by atoms with van der Waals surface area (Å²) in [7, 11) is -3.87. The molecule has 0 N–H and O–H groups in total. The number of rotatable bonds is 4. The Labute approximate surface area is 136 Å². The molecule has 2 atom stereocenters. The van der Waals surface area contributed by atoms with Crippen LogP contribution in [0.1, 0.15) is 18.1 Å². The smallest absolute Gasteiger partial charge is 0.404 e. The Morgan fingerprint density at radius 3 is 2.46 bits per heavy atom. The van der Waals surface area contributed by atoms with Crippen molar-refractivity contribution in [3.63, 3.8) is 0 Å². The summed E-state index contributed by atoms with van der Waals surface area (Å²) in [5.74, 6) is -0.250. The van der Waals surface area contributed by atoms with Crippen molar-refractivity contribution < 1.29 is 27.5 Å². The monoisotopic (exact) mass is 353 g/mol. The third kappa shape index (κ3) is 3.79. The van der Waals surface area contributed by atoms with E-state index in [1.807, 2.05) is 0 Å². The summed E-state index contributed by atoms with van der Waals surface area (Å²) in [6.45, 7) is 0.145. The van der Waals surface area contributed by atoms with Gasteiger partial charge in [-0.3, -0.25) is 19.2 Å². The van der Waals surface area contributed by atoms with E-state index < -0.39 is 18.8 Å². The van der Waals surface area contributed by atoms with Gasteiger partial charge in [-0.25, -0.2) is 8.96 Å². The van der Waals surface area contributed by atoms with E-state index in [2.05, 4.69) is 0 Å². The Bertz CT molecular complexity index is 780. The van der Waals surface area contributed by atoms with E-state index in [1.165, 1.54) is 36.4 Å². The average molecular weight is 353 g/mol. The summed E-state index contributed by atoms with van der Waals surface area (Å²) >= 11 is 0. The summed E-state index contributed by atoms with van der Waals surface area (Å²) in [6, 6.07) is 10.7. The van der Waals surface area contributed by atoms with Gasteiger partial charge in [-0.2, -0.15) is 0 Å². The molecule has 0 aliphatic carbocycles. The predicted molar refractivity (Wildman–Crippen MR) is 82.1 cm³/mol. The number of nitrogens with zero attached hydrogens (tertiary/aromatic N) is 1. The van der Waals surface area contributed by atoms with E-state index in [0.717, 1.165) is 0 Å². The number of nitro benzene ring substituents is 1. The molecule has 2 aromatic carbocycles. The molecule has 0 radical (unpaired) electrons. The first-order chi connectivity index (χ1) is 11.5. The standard InChI is InChI=1S/C15H13FNO6P/c16-12-3-1-11(2-4-12)15-9-10-21-24(20,23-15)22-14-7-5-13(6-8-14)17(18)19/h1-8,15H,9-10H2/t15-,24-/m0/s1. The van der Waals surface area contributed by atoms with Gasteiger partial charge >= 0.3 is 7.82 Å². The number of phosphoric acid groups is 1. The second-order valence-corrected chi connectivity index (χ2v) is 6.60. The van der Waals surface area contributed by atoms with Crippen LogP contribution in [0.5, 0.6) is 5.75 Å². The molecule has 7 nitrogen and oxygen atoms in total. The van der Waals surface area contributed by atoms with Crippen LogP contribution in [0.2, 0.25) is 0 Å². The molecule has 1 fully saturated rings. The number of non-ortho nitro benzene ring substituents is 1. The Morgan fingerprint density at radius 1 is 1.17 bits per heavy atom. The van der Waals surface area contributed by atoms with Crippen LogP contribution in [0.3, 0.4) is 0 Å². The van der Waals surface area contributed by atoms with Crippen molar-refractivity contribution in [2.24, 2.45) is 0 Å². The summed E-state index contributed by atoms with van der Waals surface area (Å²) in [6.07, 6.45) is -0.109. The maximum absolute atomic E-state index is 13.0. The van der Waals surface area contributed by atoms with Gasteiger partial charge in [-0.05, 0) is 29.8 Å². The Morgan fingerprint density at radius 2 is 1.83 bits per heavy atom. The van der Waals surface area contributed by atoms with Crippen LogP contribution in [0.4, 0.5) is 10.1 Å². The van der Waals surface area contributed by atoms with Gasteiger partial charge in [-0.15, -0.1) is 0 Å². The third-order valence-corrected chi connectivity index (χ3v) is 4.84. The Hall–Kier alpha value is -2.28. The highest BCUT2D eigenvalue weighted by molar-refractivity contribution is 7.49. The fraction of sp³-hybridized carbons (Fsp3) is 0.200. The zero-order valence-corrected chi connectivity index (χ0v) is 13.2. The summed E-state index contributed by atoms with van der Waals surface area (Å²) in [4.78, 5) is 10.1. The average Bonchev–Trinajstić information content (AvgIpc) is 2.55. The van der Waals surface area contributed by atoms with Crippen molar-refractivity contribution in [1.29, 1.82) is 0 Å². The molecule has 1 aliphatic heterocycles. The second-order valence-electron chi connectivity index (χ2n) is 5.06. The lowest BCUT2D eigenvalue weighted by molar-refractivity contribution is -0.384. The lowest BCUT2D eigenvalue weighted by Crippen LogP contribution is -2.16. The van der Waals surface area contributed by atoms with Crippen molar-refractivity contribution in [2.75, 3.05) is 6.61 Å². The summed E-state index contributed by atoms with van der Waals surface area (Å²) < 4.78 is 41.4. The molecule has 9 heteroatoms. The number of nitro groups is 1. The van der Waals surface area contributed by atoms with Crippen molar-refractivity contribution >= 4 is 13.5 Å². The molecule has 0 aromatic heterocycles. The van der Waals surface area contributed by atoms with E-state index in [1.54, 1.807) is 12.1 Å². The van der Waals surface area contributed by atoms with Gasteiger partial charge in [0.2, 0.25) is 0 Å². The largest absolute Gasteiger partial charge is 0.530 e. The highest BCUT2D eigenvalue weighted by Crippen LogP contribution is 2.56. The van der Waals surface area contributed by atoms with Crippen LogP contribution in [0.25, 0.3) is 0 Å². The van der Waals surface area contributed by atoms with Crippen LogP contribution in [-0.2, 0) is 13.6 Å². The highest BCUT2D eigenvalue weighted by atomic mass is 31.2. The number of halogens is 1. The van der Waals surface area contributed by atoms with E-state index in [0.29, 0.717) is 12.0 Å². The first-order valence-electron chi connectivity index (χ1n) is 7.08. The minimum Gasteiger partial charge on any atom is -0.404 e. The molecule has 3 rings (SSSR count). The Kier molecular flexibility index (Phi) is 4.62. The van der Waals surface area contributed by atoms with Crippen LogP contribution in [-0.4, -0.2) is 11.5 Å². The molecule has 0 spiro atoms. The van der Waals surface area contributed by atoms with Crippen molar-refractivity contribution in [1.82, 2.24) is 0 Å². The molecule has 24 heavy (non-hydrogen) atoms. The normalized spacial score (nSPS) is 23.6. The zero-order valence-electron chi connectivity index (χ0n) is 12.3. The number of hydrogen-bond acceptors (Lipinski definition) is 6. The number of hydrogen-bond donors (Lipinski definition) is 0. The van der Waals surface area contributed by atoms with Crippen LogP contribution in [0, 0.1) is 15.9 Å². The molecule has 0 saturated carbocycles. The van der Waals surface area contributed by atoms with Crippen molar-refractivity contribution in [2.45, 2.75) is 12.5 Å². The number of phosphoric ester groups is 1. The van der Waals surface area contributed by atoms with Crippen LogP contribution >= 0.6 is 7.82 Å². The van der Waals surface area contributed by atoms with Gasteiger partial charge in [-0.1, -0.05) is 12.1 Å². The molecule has 126 valence electrons. The fourth-order valence-electron chi connectivity index (χ4n) is 2.22. The molecule has 0 amide bonds. The number of benzene rings is 2. The second kappa shape index (κ2) is 6.68. The fourth-order valence-corrected chi connectivity index (χ4v) is 3.63.